The topological polar surface area (TPSA) is 37.3 Å². The summed E-state index contributed by atoms with van der Waals surface area (Å²) in [5, 5.41) is 5.90. The fraction of sp³-hybridized carbons (Fsp3) is 0.467. The summed E-state index contributed by atoms with van der Waals surface area (Å²) < 4.78 is 1.02. The summed E-state index contributed by atoms with van der Waals surface area (Å²) in [7, 11) is 0. The molecule has 1 aliphatic heterocycles. The van der Waals surface area contributed by atoms with Gasteiger partial charge in [-0.2, -0.15) is 0 Å². The third-order valence-corrected chi connectivity index (χ3v) is 4.29. The normalized spacial score (nSPS) is 21.9. The van der Waals surface area contributed by atoms with E-state index in [1.807, 2.05) is 0 Å². The van der Waals surface area contributed by atoms with E-state index in [1.54, 1.807) is 6.20 Å². The zero-order valence-electron chi connectivity index (χ0n) is 11.8. The van der Waals surface area contributed by atoms with E-state index in [0.29, 0.717) is 11.2 Å². The molecule has 20 heavy (non-hydrogen) atoms. The Kier molecular flexibility index (Phi) is 5.84. The second-order valence-electron chi connectivity index (χ2n) is 4.98. The molecule has 2 heterocycles. The van der Waals surface area contributed by atoms with Crippen molar-refractivity contribution >= 4 is 40.3 Å². The zero-order valence-corrected chi connectivity index (χ0v) is 14.7. The molecule has 1 aromatic heterocycles. The van der Waals surface area contributed by atoms with Crippen LogP contribution in [0.25, 0.3) is 6.08 Å². The molecule has 0 saturated carbocycles. The van der Waals surface area contributed by atoms with Crippen LogP contribution in [-0.4, -0.2) is 11.0 Å². The molecular formula is C15H19ClIN3. The summed E-state index contributed by atoms with van der Waals surface area (Å²) in [6.45, 7) is 4.39. The average Bonchev–Trinajstić information content (AvgIpc) is 2.37. The van der Waals surface area contributed by atoms with E-state index < -0.39 is 0 Å². The lowest BCUT2D eigenvalue weighted by Crippen LogP contribution is -2.33. The summed E-state index contributed by atoms with van der Waals surface area (Å²) in [4.78, 5) is 8.98. The van der Waals surface area contributed by atoms with Crippen LogP contribution in [0.3, 0.4) is 0 Å². The SMILES string of the molecule is CCCC(C)NC1=C\CC/C=c2/c(Cl)ncc(I)/c2=N/1. The molecule has 2 rings (SSSR count). The van der Waals surface area contributed by atoms with Gasteiger partial charge in [-0.15, -0.1) is 0 Å². The standard InChI is InChI=1S/C15H19ClIN3/c1-3-6-10(2)19-13-8-5-4-7-11-14(20-13)12(17)9-18-15(11)16/h7-10,19H,3-6H2,1-2H3/b11-7+,13-8-,20-14+. The Bertz CT molecular complexity index is 625. The highest BCUT2D eigenvalue weighted by molar-refractivity contribution is 14.1. The van der Waals surface area contributed by atoms with Gasteiger partial charge in [0.2, 0.25) is 0 Å². The summed E-state index contributed by atoms with van der Waals surface area (Å²) >= 11 is 8.46. The highest BCUT2D eigenvalue weighted by Gasteiger charge is 2.07. The van der Waals surface area contributed by atoms with Gasteiger partial charge in [0.05, 0.1) is 8.93 Å². The maximum atomic E-state index is 6.20. The number of halogens is 2. The van der Waals surface area contributed by atoms with Crippen molar-refractivity contribution in [3.05, 3.63) is 37.4 Å². The predicted molar refractivity (Wildman–Crippen MR) is 92.0 cm³/mol. The molecule has 0 aliphatic carbocycles. The molecular weight excluding hydrogens is 385 g/mol. The van der Waals surface area contributed by atoms with Gasteiger partial charge in [-0.05, 0) is 54.9 Å². The lowest BCUT2D eigenvalue weighted by atomic mass is 10.2. The minimum atomic E-state index is 0.428. The molecule has 1 N–H and O–H groups in total. The van der Waals surface area contributed by atoms with Crippen LogP contribution in [0.1, 0.15) is 39.5 Å². The third-order valence-electron chi connectivity index (χ3n) is 3.20. The van der Waals surface area contributed by atoms with Crippen molar-refractivity contribution in [1.82, 2.24) is 10.3 Å². The first-order valence-corrected chi connectivity index (χ1v) is 8.43. The fourth-order valence-corrected chi connectivity index (χ4v) is 2.99. The maximum absolute atomic E-state index is 6.20. The van der Waals surface area contributed by atoms with Gasteiger partial charge in [0.25, 0.3) is 0 Å². The van der Waals surface area contributed by atoms with Gasteiger partial charge in [0.1, 0.15) is 11.0 Å². The van der Waals surface area contributed by atoms with E-state index >= 15 is 0 Å². The van der Waals surface area contributed by atoms with Crippen molar-refractivity contribution in [1.29, 1.82) is 0 Å². The summed E-state index contributed by atoms with van der Waals surface area (Å²) in [6.07, 6.45) is 10.3. The maximum Gasteiger partial charge on any atom is 0.138 e. The molecule has 108 valence electrons. The number of rotatable bonds is 4. The highest BCUT2D eigenvalue weighted by atomic mass is 127. The Morgan fingerprint density at radius 1 is 1.40 bits per heavy atom. The number of pyridine rings is 1. The molecule has 1 unspecified atom stereocenters. The molecule has 1 aromatic rings. The molecule has 1 aliphatic rings. The van der Waals surface area contributed by atoms with Crippen LogP contribution in [0.2, 0.25) is 5.15 Å². The van der Waals surface area contributed by atoms with Crippen molar-refractivity contribution in [2.45, 2.75) is 45.6 Å². The second kappa shape index (κ2) is 7.41. The van der Waals surface area contributed by atoms with Crippen molar-refractivity contribution in [3.8, 4) is 0 Å². The molecule has 0 fully saturated rings. The Morgan fingerprint density at radius 2 is 2.15 bits per heavy atom. The Labute approximate surface area is 138 Å². The van der Waals surface area contributed by atoms with E-state index in [0.717, 1.165) is 39.2 Å². The molecule has 0 spiro atoms. The quantitative estimate of drug-likeness (QED) is 0.619. The van der Waals surface area contributed by atoms with Crippen LogP contribution >= 0.6 is 34.2 Å². The van der Waals surface area contributed by atoms with Crippen LogP contribution in [-0.2, 0) is 0 Å². The largest absolute Gasteiger partial charge is 0.368 e. The first-order chi connectivity index (χ1) is 9.61. The van der Waals surface area contributed by atoms with Gasteiger partial charge in [-0.1, -0.05) is 31.0 Å². The smallest absolute Gasteiger partial charge is 0.138 e. The van der Waals surface area contributed by atoms with E-state index in [-0.39, 0.29) is 0 Å². The summed E-state index contributed by atoms with van der Waals surface area (Å²) in [5.41, 5.74) is 0. The second-order valence-corrected chi connectivity index (χ2v) is 6.50. The van der Waals surface area contributed by atoms with Gasteiger partial charge >= 0.3 is 0 Å². The summed E-state index contributed by atoms with van der Waals surface area (Å²) in [5.74, 6) is 0.945. The Morgan fingerprint density at radius 3 is 2.90 bits per heavy atom. The van der Waals surface area contributed by atoms with E-state index in [2.05, 4.69) is 58.9 Å². The van der Waals surface area contributed by atoms with Gasteiger partial charge in [0.15, 0.2) is 0 Å². The number of nitrogens with zero attached hydrogens (tertiary/aromatic N) is 2. The van der Waals surface area contributed by atoms with Crippen LogP contribution < -0.4 is 15.9 Å². The molecule has 5 heteroatoms. The third kappa shape index (κ3) is 3.95. The monoisotopic (exact) mass is 403 g/mol. The number of allylic oxidation sites excluding steroid dienone is 1. The minimum absolute atomic E-state index is 0.428. The fourth-order valence-electron chi connectivity index (χ4n) is 2.23. The van der Waals surface area contributed by atoms with Gasteiger partial charge < -0.3 is 5.32 Å². The Hall–Kier alpha value is -0.620. The molecule has 0 bridgehead atoms. The average molecular weight is 404 g/mol. The first kappa shape index (κ1) is 15.8. The molecule has 1 atom stereocenters. The van der Waals surface area contributed by atoms with E-state index in [1.165, 1.54) is 6.42 Å². The van der Waals surface area contributed by atoms with Crippen LogP contribution in [0.4, 0.5) is 0 Å². The van der Waals surface area contributed by atoms with Gasteiger partial charge in [0, 0.05) is 17.5 Å². The molecule has 0 radical (unpaired) electrons. The van der Waals surface area contributed by atoms with Crippen LogP contribution in [0, 0.1) is 3.57 Å². The lowest BCUT2D eigenvalue weighted by molar-refractivity contribution is 0.553. The predicted octanol–water partition coefficient (Wildman–Crippen LogP) is 3.15. The summed E-state index contributed by atoms with van der Waals surface area (Å²) in [6, 6.07) is 0.428. The van der Waals surface area contributed by atoms with Crippen molar-refractivity contribution in [2.75, 3.05) is 0 Å². The molecule has 0 amide bonds. The van der Waals surface area contributed by atoms with E-state index in [9.17, 15) is 0 Å². The van der Waals surface area contributed by atoms with Crippen molar-refractivity contribution < 1.29 is 0 Å². The number of aromatic nitrogens is 1. The molecule has 0 saturated heterocycles. The number of hydrogen-bond donors (Lipinski definition) is 1. The van der Waals surface area contributed by atoms with Crippen molar-refractivity contribution in [2.24, 2.45) is 4.99 Å². The zero-order chi connectivity index (χ0) is 14.5. The first-order valence-electron chi connectivity index (χ1n) is 6.97. The van der Waals surface area contributed by atoms with E-state index in [4.69, 9.17) is 16.6 Å². The van der Waals surface area contributed by atoms with Crippen molar-refractivity contribution in [3.63, 3.8) is 0 Å². The van der Waals surface area contributed by atoms with Gasteiger partial charge in [-0.25, -0.2) is 9.98 Å². The van der Waals surface area contributed by atoms with Crippen LogP contribution in [0.5, 0.6) is 0 Å². The number of hydrogen-bond acceptors (Lipinski definition) is 3. The minimum Gasteiger partial charge on any atom is -0.368 e. The molecule has 0 aromatic carbocycles. The highest BCUT2D eigenvalue weighted by Crippen LogP contribution is 2.07. The Balaban J connectivity index is 2.44. The lowest BCUT2D eigenvalue weighted by Gasteiger charge is -2.15. The van der Waals surface area contributed by atoms with Gasteiger partial charge in [-0.3, -0.25) is 0 Å². The van der Waals surface area contributed by atoms with Crippen LogP contribution in [0.15, 0.2) is 23.1 Å². The number of nitrogens with one attached hydrogen (secondary N) is 1. The number of fused-ring (bicyclic) bond motifs is 1. The molecule has 3 nitrogen and oxygen atoms in total.